The maximum Gasteiger partial charge on any atom is 0.416 e. The minimum atomic E-state index is -4.50. The van der Waals surface area contributed by atoms with E-state index in [1.54, 1.807) is 32.9 Å². The fourth-order valence-electron chi connectivity index (χ4n) is 5.18. The van der Waals surface area contributed by atoms with Gasteiger partial charge in [0, 0.05) is 0 Å². The van der Waals surface area contributed by atoms with Crippen molar-refractivity contribution in [2.24, 2.45) is 0 Å². The van der Waals surface area contributed by atoms with Crippen LogP contribution in [-0.2, 0) is 37.3 Å². The molecule has 0 saturated carbocycles. The van der Waals surface area contributed by atoms with Crippen LogP contribution >= 0.6 is 0 Å². The lowest BCUT2D eigenvalue weighted by Crippen LogP contribution is -2.55. The number of amides is 1. The molecule has 6 nitrogen and oxygen atoms in total. The molecule has 234 valence electrons. The Morgan fingerprint density at radius 3 is 2.25 bits per heavy atom. The molecular weight excluding hydrogens is 571 g/mol. The first kappa shape index (κ1) is 33.0. The normalized spacial score (nSPS) is 18.4. The molecule has 2 atom stereocenters. The molecule has 1 aliphatic rings. The summed E-state index contributed by atoms with van der Waals surface area (Å²) in [5.41, 5.74) is 0.915. The zero-order chi connectivity index (χ0) is 31.9. The summed E-state index contributed by atoms with van der Waals surface area (Å²) in [5.74, 6) is 0. The zero-order valence-corrected chi connectivity index (χ0v) is 25.2. The van der Waals surface area contributed by atoms with Crippen LogP contribution in [0.3, 0.4) is 0 Å². The van der Waals surface area contributed by atoms with Gasteiger partial charge in [0.25, 0.3) is 0 Å². The highest BCUT2D eigenvalue weighted by Gasteiger charge is 2.44. The fourth-order valence-corrected chi connectivity index (χ4v) is 5.18. The molecule has 1 fully saturated rings. The number of hydrogen-bond donors (Lipinski definition) is 0. The molecule has 0 aliphatic carbocycles. The van der Waals surface area contributed by atoms with E-state index in [1.807, 2.05) is 60.7 Å². The number of nitrogens with zero attached hydrogens (tertiary/aromatic N) is 1. The predicted octanol–water partition coefficient (Wildman–Crippen LogP) is 8.48. The van der Waals surface area contributed by atoms with Crippen LogP contribution in [0.25, 0.3) is 0 Å². The first-order chi connectivity index (χ1) is 20.9. The molecule has 1 aliphatic heterocycles. The van der Waals surface area contributed by atoms with Gasteiger partial charge in [0.05, 0.1) is 30.4 Å². The average Bonchev–Trinajstić information content (AvgIpc) is 2.99. The third-order valence-corrected chi connectivity index (χ3v) is 7.53. The van der Waals surface area contributed by atoms with Gasteiger partial charge in [0.2, 0.25) is 0 Å². The van der Waals surface area contributed by atoms with Crippen LogP contribution in [0.1, 0.15) is 54.2 Å². The second-order valence-corrected chi connectivity index (χ2v) is 10.9. The molecule has 0 bridgehead atoms. The number of rotatable bonds is 13. The molecule has 3 aromatic carbocycles. The maximum absolute atomic E-state index is 14.0. The molecule has 0 spiro atoms. The van der Waals surface area contributed by atoms with Gasteiger partial charge in [0.1, 0.15) is 6.61 Å². The summed E-state index contributed by atoms with van der Waals surface area (Å²) >= 11 is 0. The Balaban J connectivity index is 1.71. The highest BCUT2D eigenvalue weighted by molar-refractivity contribution is 5.70. The van der Waals surface area contributed by atoms with Crippen molar-refractivity contribution >= 4 is 6.09 Å². The van der Waals surface area contributed by atoms with Gasteiger partial charge < -0.3 is 18.9 Å². The monoisotopic (exact) mass is 609 g/mol. The molecule has 1 saturated heterocycles. The van der Waals surface area contributed by atoms with E-state index < -0.39 is 42.1 Å². The largest absolute Gasteiger partial charge is 0.445 e. The Morgan fingerprint density at radius 2 is 1.66 bits per heavy atom. The second-order valence-electron chi connectivity index (χ2n) is 10.9. The van der Waals surface area contributed by atoms with Crippen molar-refractivity contribution in [1.82, 2.24) is 4.90 Å². The van der Waals surface area contributed by atoms with Gasteiger partial charge in [-0.25, -0.2) is 4.79 Å². The van der Waals surface area contributed by atoms with Crippen LogP contribution in [0, 0.1) is 6.92 Å². The summed E-state index contributed by atoms with van der Waals surface area (Å²) in [6.45, 7) is 13.1. The summed E-state index contributed by atoms with van der Waals surface area (Å²) in [4.78, 5) is 15.5. The Morgan fingerprint density at radius 1 is 1.02 bits per heavy atom. The molecule has 1 amide bonds. The summed E-state index contributed by atoms with van der Waals surface area (Å²) in [7, 11) is 0. The number of alkyl halides is 3. The number of benzene rings is 3. The van der Waals surface area contributed by atoms with Crippen molar-refractivity contribution in [1.29, 1.82) is 0 Å². The Kier molecular flexibility index (Phi) is 10.7. The molecular formula is C35H38F3NO5. The first-order valence-electron chi connectivity index (χ1n) is 14.4. The topological polar surface area (TPSA) is 57.2 Å². The van der Waals surface area contributed by atoms with E-state index in [0.717, 1.165) is 23.3 Å². The third kappa shape index (κ3) is 7.96. The lowest BCUT2D eigenvalue weighted by molar-refractivity contribution is -0.359. The highest BCUT2D eigenvalue weighted by atomic mass is 19.4. The lowest BCUT2D eigenvalue weighted by Gasteiger charge is -2.45. The number of carbonyl (C=O) groups is 1. The summed E-state index contributed by atoms with van der Waals surface area (Å²) in [6, 6.07) is 22.4. The molecule has 0 radical (unpaired) electrons. The van der Waals surface area contributed by atoms with E-state index in [0.29, 0.717) is 16.7 Å². The Labute approximate surface area is 256 Å². The number of halogens is 3. The van der Waals surface area contributed by atoms with Crippen molar-refractivity contribution in [3.63, 3.8) is 0 Å². The molecule has 0 aromatic heterocycles. The number of carbonyl (C=O) groups excluding carboxylic acids is 1. The standard InChI is InChI=1S/C35H38F3NO5/c1-6-17-34(30-15-11-8-12-16-30,23-42-26(4)29-18-24(2)19-31(20-29)35(36,37)38)39(21-25(3)32-43-27(5)44-32)33(40)41-22-28-13-9-7-10-14-28/h6-16,18-20,26-27,32H,1,3,17,21-23H2,2,4-5H3/t26?,27?,32?,34-/m1/s1. The summed E-state index contributed by atoms with van der Waals surface area (Å²) < 4.78 is 64.3. The third-order valence-electron chi connectivity index (χ3n) is 7.53. The van der Waals surface area contributed by atoms with Crippen LogP contribution in [0.2, 0.25) is 0 Å². The van der Waals surface area contributed by atoms with Crippen molar-refractivity contribution in [2.75, 3.05) is 13.2 Å². The molecule has 0 N–H and O–H groups in total. The van der Waals surface area contributed by atoms with Crippen LogP contribution < -0.4 is 0 Å². The van der Waals surface area contributed by atoms with Crippen LogP contribution in [0.4, 0.5) is 18.0 Å². The molecule has 1 unspecified atom stereocenters. The predicted molar refractivity (Wildman–Crippen MR) is 161 cm³/mol. The van der Waals surface area contributed by atoms with E-state index in [9.17, 15) is 18.0 Å². The average molecular weight is 610 g/mol. The summed E-state index contributed by atoms with van der Waals surface area (Å²) in [6.07, 6.45) is -5.08. The minimum absolute atomic E-state index is 0.00580. The second kappa shape index (κ2) is 14.2. The fraction of sp³-hybridized carbons (Fsp3) is 0.343. The molecule has 44 heavy (non-hydrogen) atoms. The molecule has 3 aromatic rings. The van der Waals surface area contributed by atoms with Gasteiger partial charge in [0.15, 0.2) is 12.6 Å². The van der Waals surface area contributed by atoms with Gasteiger partial charge in [-0.2, -0.15) is 13.2 Å². The minimum Gasteiger partial charge on any atom is -0.445 e. The van der Waals surface area contributed by atoms with E-state index in [4.69, 9.17) is 18.9 Å². The van der Waals surface area contributed by atoms with Crippen LogP contribution in [-0.4, -0.2) is 36.7 Å². The van der Waals surface area contributed by atoms with E-state index in [1.165, 1.54) is 4.90 Å². The van der Waals surface area contributed by atoms with E-state index in [-0.39, 0.29) is 26.2 Å². The first-order valence-corrected chi connectivity index (χ1v) is 14.4. The smallest absolute Gasteiger partial charge is 0.416 e. The van der Waals surface area contributed by atoms with Crippen molar-refractivity contribution in [3.8, 4) is 0 Å². The molecule has 9 heteroatoms. The quantitative estimate of drug-likeness (QED) is 0.182. The SMILES string of the molecule is C=CC[C@@](COC(C)c1cc(C)cc(C(F)(F)F)c1)(c1ccccc1)N(CC(=C)C1OC(C)O1)C(=O)OCc1ccccc1. The Bertz CT molecular complexity index is 1420. The lowest BCUT2D eigenvalue weighted by atomic mass is 9.85. The van der Waals surface area contributed by atoms with E-state index >= 15 is 0 Å². The molecule has 4 rings (SSSR count). The van der Waals surface area contributed by atoms with Gasteiger partial charge in [-0.15, -0.1) is 6.58 Å². The maximum atomic E-state index is 14.0. The zero-order valence-electron chi connectivity index (χ0n) is 25.2. The van der Waals surface area contributed by atoms with E-state index in [2.05, 4.69) is 13.2 Å². The van der Waals surface area contributed by atoms with Gasteiger partial charge in [-0.05, 0) is 61.6 Å². The van der Waals surface area contributed by atoms with Gasteiger partial charge in [-0.1, -0.05) is 84.9 Å². The van der Waals surface area contributed by atoms with Crippen LogP contribution in [0.5, 0.6) is 0 Å². The van der Waals surface area contributed by atoms with Crippen molar-refractivity contribution in [3.05, 3.63) is 131 Å². The Hall–Kier alpha value is -3.92. The van der Waals surface area contributed by atoms with Gasteiger partial charge in [-0.3, -0.25) is 4.90 Å². The van der Waals surface area contributed by atoms with Crippen molar-refractivity contribution in [2.45, 2.75) is 64.2 Å². The van der Waals surface area contributed by atoms with Crippen LogP contribution in [0.15, 0.2) is 104 Å². The number of ether oxygens (including phenoxy) is 4. The summed E-state index contributed by atoms with van der Waals surface area (Å²) in [5, 5.41) is 0. The number of aryl methyl sites for hydroxylation is 1. The number of hydrogen-bond acceptors (Lipinski definition) is 5. The van der Waals surface area contributed by atoms with Crippen molar-refractivity contribution < 1.29 is 36.9 Å². The highest BCUT2D eigenvalue weighted by Crippen LogP contribution is 2.38. The molecule has 1 heterocycles. The van der Waals surface area contributed by atoms with Gasteiger partial charge >= 0.3 is 12.3 Å².